The van der Waals surface area contributed by atoms with Crippen LogP contribution in [0.3, 0.4) is 0 Å². The molecule has 0 bridgehead atoms. The number of piperidine rings is 1. The summed E-state index contributed by atoms with van der Waals surface area (Å²) < 4.78 is 69.9. The van der Waals surface area contributed by atoms with E-state index < -0.39 is 53.5 Å². The largest absolute Gasteiger partial charge is 0.455 e. The van der Waals surface area contributed by atoms with Crippen molar-refractivity contribution in [1.82, 2.24) is 4.98 Å². The molecule has 11 heteroatoms. The number of amides is 1. The molecule has 1 aromatic carbocycles. The highest BCUT2D eigenvalue weighted by molar-refractivity contribution is 5.93. The minimum absolute atomic E-state index is 0.352. The second kappa shape index (κ2) is 9.27. The number of para-hydroxylation sites is 1. The number of alkyl halides is 3. The lowest BCUT2D eigenvalue weighted by atomic mass is 9.97. The first-order valence-electron chi connectivity index (χ1n) is 9.34. The molecule has 0 atom stereocenters. The first-order valence-corrected chi connectivity index (χ1v) is 9.34. The van der Waals surface area contributed by atoms with Gasteiger partial charge in [0.25, 0.3) is 5.91 Å². The van der Waals surface area contributed by atoms with Gasteiger partial charge in [-0.25, -0.2) is 13.8 Å². The maximum absolute atomic E-state index is 13.5. The second-order valence-corrected chi connectivity index (χ2v) is 6.92. The number of rotatable bonds is 5. The van der Waals surface area contributed by atoms with Crippen LogP contribution in [0, 0.1) is 17.6 Å². The van der Waals surface area contributed by atoms with E-state index in [1.807, 2.05) is 5.32 Å². The molecule has 2 heterocycles. The molecule has 0 spiro atoms. The van der Waals surface area contributed by atoms with E-state index in [1.54, 1.807) is 4.90 Å². The third kappa shape index (κ3) is 5.68. The number of nitrogens with zero attached hydrogens (tertiary/aromatic N) is 2. The average Bonchev–Trinajstić information content (AvgIpc) is 2.74. The summed E-state index contributed by atoms with van der Waals surface area (Å²) >= 11 is 0. The van der Waals surface area contributed by atoms with E-state index in [4.69, 9.17) is 4.74 Å². The Hall–Kier alpha value is -3.24. The van der Waals surface area contributed by atoms with Crippen LogP contribution < -0.4 is 10.2 Å². The van der Waals surface area contributed by atoms with Crippen LogP contribution in [0.4, 0.5) is 33.5 Å². The number of carbonyl (C=O) groups is 2. The number of hydrogen-bond acceptors (Lipinski definition) is 5. The highest BCUT2D eigenvalue weighted by atomic mass is 19.4. The smallest absolute Gasteiger partial charge is 0.417 e. The Labute approximate surface area is 174 Å². The van der Waals surface area contributed by atoms with E-state index in [9.17, 15) is 31.5 Å². The van der Waals surface area contributed by atoms with E-state index in [0.717, 1.165) is 30.5 Å². The van der Waals surface area contributed by atoms with Gasteiger partial charge in [0.05, 0.1) is 11.5 Å². The Morgan fingerprint density at radius 1 is 1.10 bits per heavy atom. The van der Waals surface area contributed by atoms with E-state index in [-0.39, 0.29) is 0 Å². The number of aromatic nitrogens is 1. The molecule has 1 aromatic heterocycles. The van der Waals surface area contributed by atoms with Crippen molar-refractivity contribution in [2.45, 2.75) is 19.0 Å². The third-order valence-electron chi connectivity index (χ3n) is 4.80. The molecule has 2 aromatic rings. The summed E-state index contributed by atoms with van der Waals surface area (Å²) in [4.78, 5) is 29.6. The number of benzene rings is 1. The quantitative estimate of drug-likeness (QED) is 0.563. The molecule has 31 heavy (non-hydrogen) atoms. The van der Waals surface area contributed by atoms with Crippen molar-refractivity contribution < 1.29 is 36.3 Å². The van der Waals surface area contributed by atoms with E-state index in [0.29, 0.717) is 31.7 Å². The SMILES string of the molecule is O=C(COC(=O)C1CCN(c2ccc(C(F)(F)F)cn2)CC1)Nc1c(F)cccc1F. The fraction of sp³-hybridized carbons (Fsp3) is 0.350. The van der Waals surface area contributed by atoms with Crippen molar-refractivity contribution in [2.24, 2.45) is 5.92 Å². The Balaban J connectivity index is 1.46. The molecule has 3 rings (SSSR count). The average molecular weight is 443 g/mol. The maximum Gasteiger partial charge on any atom is 0.417 e. The molecule has 1 aliphatic rings. The fourth-order valence-electron chi connectivity index (χ4n) is 3.13. The van der Waals surface area contributed by atoms with E-state index in [1.165, 1.54) is 6.07 Å². The number of esters is 1. The van der Waals surface area contributed by atoms with Gasteiger partial charge in [-0.1, -0.05) is 6.07 Å². The van der Waals surface area contributed by atoms with Gasteiger partial charge in [-0.3, -0.25) is 9.59 Å². The summed E-state index contributed by atoms with van der Waals surface area (Å²) in [6.45, 7) is 0.0306. The van der Waals surface area contributed by atoms with Crippen molar-refractivity contribution in [1.29, 1.82) is 0 Å². The summed E-state index contributed by atoms with van der Waals surface area (Å²) in [6.07, 6.45) is -3.00. The Bertz CT molecular complexity index is 922. The second-order valence-electron chi connectivity index (χ2n) is 6.92. The highest BCUT2D eigenvalue weighted by Crippen LogP contribution is 2.30. The van der Waals surface area contributed by atoms with Gasteiger partial charge in [0.1, 0.15) is 23.1 Å². The molecule has 1 N–H and O–H groups in total. The summed E-state index contributed by atoms with van der Waals surface area (Å²) in [5.74, 6) is -3.57. The van der Waals surface area contributed by atoms with Gasteiger partial charge in [-0.05, 0) is 37.1 Å². The lowest BCUT2D eigenvalue weighted by molar-refractivity contribution is -0.152. The van der Waals surface area contributed by atoms with Crippen LogP contribution in [0.1, 0.15) is 18.4 Å². The van der Waals surface area contributed by atoms with Gasteiger partial charge < -0.3 is 15.0 Å². The van der Waals surface area contributed by atoms with Crippen LogP contribution in [-0.4, -0.2) is 36.6 Å². The first kappa shape index (κ1) is 22.4. The van der Waals surface area contributed by atoms with Crippen LogP contribution in [0.15, 0.2) is 36.5 Å². The minimum Gasteiger partial charge on any atom is -0.455 e. The Morgan fingerprint density at radius 2 is 1.74 bits per heavy atom. The summed E-state index contributed by atoms with van der Waals surface area (Å²) in [5.41, 5.74) is -1.47. The Morgan fingerprint density at radius 3 is 2.29 bits per heavy atom. The molecule has 1 amide bonds. The number of carbonyl (C=O) groups excluding carboxylic acids is 2. The molecule has 1 fully saturated rings. The molecule has 0 unspecified atom stereocenters. The molecule has 166 valence electrons. The van der Waals surface area contributed by atoms with Gasteiger partial charge in [-0.15, -0.1) is 0 Å². The molecule has 0 radical (unpaired) electrons. The van der Waals surface area contributed by atoms with Crippen molar-refractivity contribution in [2.75, 3.05) is 29.9 Å². The zero-order chi connectivity index (χ0) is 22.6. The number of hydrogen-bond donors (Lipinski definition) is 1. The van der Waals surface area contributed by atoms with Gasteiger partial charge in [0.2, 0.25) is 0 Å². The standard InChI is InChI=1S/C20H18F5N3O3/c21-14-2-1-3-15(22)18(14)27-17(29)11-31-19(30)12-6-8-28(9-7-12)16-5-4-13(10-26-16)20(23,24)25/h1-5,10,12H,6-9,11H2,(H,27,29). The van der Waals surface area contributed by atoms with Crippen LogP contribution in [0.25, 0.3) is 0 Å². The zero-order valence-electron chi connectivity index (χ0n) is 16.1. The highest BCUT2D eigenvalue weighted by Gasteiger charge is 2.32. The molecule has 0 saturated carbocycles. The molecule has 1 saturated heterocycles. The van der Waals surface area contributed by atoms with Gasteiger partial charge in [-0.2, -0.15) is 13.2 Å². The first-order chi connectivity index (χ1) is 14.6. The van der Waals surface area contributed by atoms with Crippen LogP contribution >= 0.6 is 0 Å². The van der Waals surface area contributed by atoms with Crippen LogP contribution in [0.2, 0.25) is 0 Å². The minimum atomic E-state index is -4.47. The maximum atomic E-state index is 13.5. The van der Waals surface area contributed by atoms with Gasteiger partial charge in [0.15, 0.2) is 6.61 Å². The van der Waals surface area contributed by atoms with Crippen LogP contribution in [-0.2, 0) is 20.5 Å². The molecular weight excluding hydrogens is 425 g/mol. The monoisotopic (exact) mass is 443 g/mol. The molecule has 0 aliphatic carbocycles. The Kier molecular flexibility index (Phi) is 6.71. The van der Waals surface area contributed by atoms with Crippen molar-refractivity contribution in [3.8, 4) is 0 Å². The molecule has 1 aliphatic heterocycles. The predicted molar refractivity (Wildman–Crippen MR) is 100 cm³/mol. The zero-order valence-corrected chi connectivity index (χ0v) is 16.1. The lowest BCUT2D eigenvalue weighted by Gasteiger charge is -2.31. The van der Waals surface area contributed by atoms with Crippen molar-refractivity contribution in [3.05, 3.63) is 53.7 Å². The normalized spacial score (nSPS) is 14.9. The van der Waals surface area contributed by atoms with Gasteiger partial charge >= 0.3 is 12.1 Å². The van der Waals surface area contributed by atoms with Crippen molar-refractivity contribution in [3.63, 3.8) is 0 Å². The molecular formula is C20H18F5N3O3. The summed E-state index contributed by atoms with van der Waals surface area (Å²) in [5, 5.41) is 2.02. The number of pyridine rings is 1. The topological polar surface area (TPSA) is 71.5 Å². The third-order valence-corrected chi connectivity index (χ3v) is 4.80. The molecule has 6 nitrogen and oxygen atoms in total. The number of nitrogens with one attached hydrogen (secondary N) is 1. The van der Waals surface area contributed by atoms with Crippen molar-refractivity contribution >= 4 is 23.4 Å². The number of ether oxygens (including phenoxy) is 1. The lowest BCUT2D eigenvalue weighted by Crippen LogP contribution is -2.38. The van der Waals surface area contributed by atoms with E-state index in [2.05, 4.69) is 4.98 Å². The number of halogens is 5. The van der Waals surface area contributed by atoms with Crippen LogP contribution in [0.5, 0.6) is 0 Å². The fourth-order valence-corrected chi connectivity index (χ4v) is 3.13. The number of anilines is 2. The summed E-state index contributed by atoms with van der Waals surface area (Å²) in [7, 11) is 0. The van der Waals surface area contributed by atoms with Gasteiger partial charge in [0, 0.05) is 19.3 Å². The summed E-state index contributed by atoms with van der Waals surface area (Å²) in [6, 6.07) is 5.31. The predicted octanol–water partition coefficient (Wildman–Crippen LogP) is 3.78. The van der Waals surface area contributed by atoms with E-state index >= 15 is 0 Å².